The molecule has 3 rings (SSSR count). The van der Waals surface area contributed by atoms with Crippen molar-refractivity contribution < 1.29 is 9.53 Å². The minimum atomic E-state index is -0.0224. The molecule has 0 bridgehead atoms. The van der Waals surface area contributed by atoms with Gasteiger partial charge < -0.3 is 10.1 Å². The second-order valence-electron chi connectivity index (χ2n) is 5.79. The van der Waals surface area contributed by atoms with Gasteiger partial charge in [0.25, 0.3) is 5.91 Å². The van der Waals surface area contributed by atoms with Crippen molar-refractivity contribution >= 4 is 5.91 Å². The SMILES string of the molecule is COC1C(C)C(NC(=O)c2cccnc2)C12CCC2. The number of methoxy groups -OCH3 is 1. The van der Waals surface area contributed by atoms with E-state index in [1.807, 2.05) is 0 Å². The van der Waals surface area contributed by atoms with Crippen LogP contribution in [-0.4, -0.2) is 30.1 Å². The van der Waals surface area contributed by atoms with E-state index < -0.39 is 0 Å². The first-order chi connectivity index (χ1) is 9.19. The summed E-state index contributed by atoms with van der Waals surface area (Å²) in [7, 11) is 1.78. The predicted molar refractivity (Wildman–Crippen MR) is 71.7 cm³/mol. The van der Waals surface area contributed by atoms with Crippen LogP contribution in [0.25, 0.3) is 0 Å². The molecule has 0 aliphatic heterocycles. The highest BCUT2D eigenvalue weighted by Gasteiger charge is 2.63. The number of carbonyl (C=O) groups excluding carboxylic acids is 1. The van der Waals surface area contributed by atoms with Crippen LogP contribution in [0.3, 0.4) is 0 Å². The number of amides is 1. The maximum absolute atomic E-state index is 12.2. The van der Waals surface area contributed by atoms with Gasteiger partial charge in [-0.05, 0) is 25.0 Å². The summed E-state index contributed by atoms with van der Waals surface area (Å²) in [5.41, 5.74) is 0.816. The largest absolute Gasteiger partial charge is 0.380 e. The average molecular weight is 260 g/mol. The van der Waals surface area contributed by atoms with E-state index in [0.29, 0.717) is 17.6 Å². The van der Waals surface area contributed by atoms with Gasteiger partial charge in [-0.1, -0.05) is 13.3 Å². The molecule has 0 radical (unpaired) electrons. The van der Waals surface area contributed by atoms with Gasteiger partial charge in [0.1, 0.15) is 0 Å². The number of nitrogens with one attached hydrogen (secondary N) is 1. The molecule has 3 unspecified atom stereocenters. The summed E-state index contributed by atoms with van der Waals surface area (Å²) >= 11 is 0. The van der Waals surface area contributed by atoms with Crippen LogP contribution < -0.4 is 5.32 Å². The third-order valence-corrected chi connectivity index (χ3v) is 4.94. The number of hydrogen-bond donors (Lipinski definition) is 1. The monoisotopic (exact) mass is 260 g/mol. The lowest BCUT2D eigenvalue weighted by Crippen LogP contribution is -2.72. The third kappa shape index (κ3) is 1.77. The van der Waals surface area contributed by atoms with Gasteiger partial charge in [0.05, 0.1) is 11.7 Å². The highest BCUT2D eigenvalue weighted by molar-refractivity contribution is 5.94. The van der Waals surface area contributed by atoms with E-state index in [4.69, 9.17) is 4.74 Å². The Morgan fingerprint density at radius 2 is 2.32 bits per heavy atom. The van der Waals surface area contributed by atoms with E-state index in [1.54, 1.807) is 31.6 Å². The number of carbonyl (C=O) groups is 1. The minimum Gasteiger partial charge on any atom is -0.380 e. The molecule has 2 aliphatic rings. The van der Waals surface area contributed by atoms with Crippen molar-refractivity contribution in [1.29, 1.82) is 0 Å². The zero-order valence-electron chi connectivity index (χ0n) is 11.4. The van der Waals surface area contributed by atoms with E-state index in [9.17, 15) is 4.79 Å². The van der Waals surface area contributed by atoms with Crippen LogP contribution in [0.2, 0.25) is 0 Å². The molecule has 1 heterocycles. The molecule has 4 heteroatoms. The zero-order valence-corrected chi connectivity index (χ0v) is 11.4. The first-order valence-corrected chi connectivity index (χ1v) is 6.93. The molecular weight excluding hydrogens is 240 g/mol. The molecule has 1 aromatic heterocycles. The lowest BCUT2D eigenvalue weighted by molar-refractivity contribution is -0.198. The predicted octanol–water partition coefficient (Wildman–Crippen LogP) is 2.01. The van der Waals surface area contributed by atoms with Gasteiger partial charge in [-0.15, -0.1) is 0 Å². The Morgan fingerprint density at radius 3 is 2.84 bits per heavy atom. The van der Waals surface area contributed by atoms with Crippen molar-refractivity contribution in [2.24, 2.45) is 11.3 Å². The van der Waals surface area contributed by atoms with Gasteiger partial charge in [-0.2, -0.15) is 0 Å². The van der Waals surface area contributed by atoms with Crippen LogP contribution >= 0.6 is 0 Å². The van der Waals surface area contributed by atoms with E-state index in [0.717, 1.165) is 12.8 Å². The summed E-state index contributed by atoms with van der Waals surface area (Å²) < 4.78 is 5.61. The van der Waals surface area contributed by atoms with E-state index in [2.05, 4.69) is 17.2 Å². The number of nitrogens with zero attached hydrogens (tertiary/aromatic N) is 1. The van der Waals surface area contributed by atoms with Crippen LogP contribution in [0.1, 0.15) is 36.5 Å². The lowest BCUT2D eigenvalue weighted by atomic mass is 9.46. The smallest absolute Gasteiger partial charge is 0.253 e. The van der Waals surface area contributed by atoms with Gasteiger partial charge in [0.2, 0.25) is 0 Å². The summed E-state index contributed by atoms with van der Waals surface area (Å²) in [6.45, 7) is 2.16. The van der Waals surface area contributed by atoms with Crippen LogP contribution in [0.15, 0.2) is 24.5 Å². The summed E-state index contributed by atoms with van der Waals surface area (Å²) in [5, 5.41) is 3.18. The van der Waals surface area contributed by atoms with E-state index in [-0.39, 0.29) is 17.4 Å². The molecule has 1 amide bonds. The molecule has 2 aliphatic carbocycles. The molecule has 0 aromatic carbocycles. The van der Waals surface area contributed by atoms with Crippen molar-refractivity contribution in [2.75, 3.05) is 7.11 Å². The van der Waals surface area contributed by atoms with Crippen LogP contribution in [0, 0.1) is 11.3 Å². The fourth-order valence-electron chi connectivity index (χ4n) is 3.91. The zero-order chi connectivity index (χ0) is 13.5. The highest BCUT2D eigenvalue weighted by Crippen LogP contribution is 2.59. The van der Waals surface area contributed by atoms with Crippen LogP contribution in [0.4, 0.5) is 0 Å². The maximum Gasteiger partial charge on any atom is 0.253 e. The number of pyridine rings is 1. The number of aromatic nitrogens is 1. The molecule has 1 N–H and O–H groups in total. The average Bonchev–Trinajstić information content (AvgIpc) is 2.40. The summed E-state index contributed by atoms with van der Waals surface area (Å²) in [6.07, 6.45) is 7.14. The van der Waals surface area contributed by atoms with Crippen molar-refractivity contribution in [3.8, 4) is 0 Å². The molecule has 3 atom stereocenters. The molecule has 1 spiro atoms. The van der Waals surface area contributed by atoms with Crippen LogP contribution in [0.5, 0.6) is 0 Å². The van der Waals surface area contributed by atoms with E-state index >= 15 is 0 Å². The summed E-state index contributed by atoms with van der Waals surface area (Å²) in [5.74, 6) is 0.358. The van der Waals surface area contributed by atoms with E-state index in [1.165, 1.54) is 6.42 Å². The lowest BCUT2D eigenvalue weighted by Gasteiger charge is -2.64. The Bertz CT molecular complexity index is 470. The normalized spacial score (nSPS) is 31.4. The van der Waals surface area contributed by atoms with Crippen molar-refractivity contribution in [3.63, 3.8) is 0 Å². The summed E-state index contributed by atoms with van der Waals surface area (Å²) in [6, 6.07) is 3.82. The topological polar surface area (TPSA) is 51.2 Å². The number of rotatable bonds is 3. The van der Waals surface area contributed by atoms with Gasteiger partial charge in [-0.3, -0.25) is 9.78 Å². The Hall–Kier alpha value is -1.42. The standard InChI is InChI=1S/C15H20N2O2/c1-10-12(15(6-4-7-15)13(10)19-2)17-14(18)11-5-3-8-16-9-11/h3,5,8-10,12-13H,4,6-7H2,1-2H3,(H,17,18). The second kappa shape index (κ2) is 4.60. The molecular formula is C15H20N2O2. The maximum atomic E-state index is 12.2. The van der Waals surface area contributed by atoms with Crippen LogP contribution in [-0.2, 0) is 4.74 Å². The minimum absolute atomic E-state index is 0.0224. The van der Waals surface area contributed by atoms with Crippen molar-refractivity contribution in [2.45, 2.75) is 38.3 Å². The Kier molecular flexibility index (Phi) is 3.05. The molecule has 19 heavy (non-hydrogen) atoms. The van der Waals surface area contributed by atoms with Crippen molar-refractivity contribution in [3.05, 3.63) is 30.1 Å². The Labute approximate surface area is 113 Å². The molecule has 2 fully saturated rings. The van der Waals surface area contributed by atoms with Gasteiger partial charge >= 0.3 is 0 Å². The fraction of sp³-hybridized carbons (Fsp3) is 0.600. The highest BCUT2D eigenvalue weighted by atomic mass is 16.5. The number of ether oxygens (including phenoxy) is 1. The third-order valence-electron chi connectivity index (χ3n) is 4.94. The Morgan fingerprint density at radius 1 is 1.53 bits per heavy atom. The first kappa shape index (κ1) is 12.6. The van der Waals surface area contributed by atoms with Gasteiger partial charge in [0.15, 0.2) is 0 Å². The van der Waals surface area contributed by atoms with Crippen molar-refractivity contribution in [1.82, 2.24) is 10.3 Å². The van der Waals surface area contributed by atoms with Gasteiger partial charge in [-0.25, -0.2) is 0 Å². The first-order valence-electron chi connectivity index (χ1n) is 6.93. The Balaban J connectivity index is 1.72. The number of hydrogen-bond acceptors (Lipinski definition) is 3. The molecule has 102 valence electrons. The molecule has 4 nitrogen and oxygen atoms in total. The molecule has 2 saturated carbocycles. The fourth-order valence-corrected chi connectivity index (χ4v) is 3.91. The second-order valence-corrected chi connectivity index (χ2v) is 5.79. The summed E-state index contributed by atoms with van der Waals surface area (Å²) in [4.78, 5) is 16.2. The quantitative estimate of drug-likeness (QED) is 0.904. The van der Waals surface area contributed by atoms with Gasteiger partial charge in [0, 0.05) is 36.9 Å². The molecule has 0 saturated heterocycles. The molecule has 1 aromatic rings.